The van der Waals surface area contributed by atoms with Crippen molar-refractivity contribution in [1.82, 2.24) is 10.0 Å². The van der Waals surface area contributed by atoms with Crippen molar-refractivity contribution in [2.45, 2.75) is 12.5 Å². The highest BCUT2D eigenvalue weighted by molar-refractivity contribution is 7.99. The summed E-state index contributed by atoms with van der Waals surface area (Å²) < 4.78 is 5.79. The number of carbonyl (C=O) groups is 1. The standard InChI is InChI=1S/C12H16N2O3S/c1-14(16-2)12(15)10-4-3-6-13-11(10)17-9-5-7-18-8-9/h3-4,6,9H,5,7-8H2,1-2H3. The molecule has 18 heavy (non-hydrogen) atoms. The van der Waals surface area contributed by atoms with Gasteiger partial charge in [0.2, 0.25) is 5.88 Å². The molecule has 2 heterocycles. The number of hydrogen-bond acceptors (Lipinski definition) is 5. The monoisotopic (exact) mass is 268 g/mol. The average molecular weight is 268 g/mol. The maximum absolute atomic E-state index is 12.0. The van der Waals surface area contributed by atoms with E-state index < -0.39 is 0 Å². The Morgan fingerprint density at radius 2 is 2.44 bits per heavy atom. The third kappa shape index (κ3) is 2.94. The first-order chi connectivity index (χ1) is 8.72. The molecule has 6 heteroatoms. The van der Waals surface area contributed by atoms with Crippen LogP contribution >= 0.6 is 11.8 Å². The molecule has 0 radical (unpaired) electrons. The van der Waals surface area contributed by atoms with E-state index in [9.17, 15) is 4.79 Å². The highest BCUT2D eigenvalue weighted by atomic mass is 32.2. The van der Waals surface area contributed by atoms with Gasteiger partial charge in [-0.15, -0.1) is 0 Å². The smallest absolute Gasteiger partial charge is 0.282 e. The van der Waals surface area contributed by atoms with Crippen LogP contribution in [0.3, 0.4) is 0 Å². The second-order valence-corrected chi connectivity index (χ2v) is 5.09. The number of hydrogen-bond donors (Lipinski definition) is 0. The largest absolute Gasteiger partial charge is 0.473 e. The molecule has 98 valence electrons. The quantitative estimate of drug-likeness (QED) is 0.776. The Morgan fingerprint density at radius 3 is 3.11 bits per heavy atom. The Hall–Kier alpha value is -1.27. The lowest BCUT2D eigenvalue weighted by atomic mass is 10.2. The van der Waals surface area contributed by atoms with E-state index in [2.05, 4.69) is 4.98 Å². The van der Waals surface area contributed by atoms with E-state index in [0.717, 1.165) is 23.0 Å². The lowest BCUT2D eigenvalue weighted by Gasteiger charge is -2.17. The first-order valence-electron chi connectivity index (χ1n) is 5.74. The van der Waals surface area contributed by atoms with Crippen molar-refractivity contribution in [3.8, 4) is 5.88 Å². The van der Waals surface area contributed by atoms with Gasteiger partial charge < -0.3 is 4.74 Å². The summed E-state index contributed by atoms with van der Waals surface area (Å²) in [4.78, 5) is 21.1. The van der Waals surface area contributed by atoms with E-state index in [1.165, 1.54) is 7.11 Å². The summed E-state index contributed by atoms with van der Waals surface area (Å²) in [5.74, 6) is 2.17. The number of rotatable bonds is 4. The summed E-state index contributed by atoms with van der Waals surface area (Å²) in [6.45, 7) is 0. The summed E-state index contributed by atoms with van der Waals surface area (Å²) >= 11 is 1.85. The van der Waals surface area contributed by atoms with Crippen LogP contribution in [0.25, 0.3) is 0 Å². The summed E-state index contributed by atoms with van der Waals surface area (Å²) in [6.07, 6.45) is 2.76. The van der Waals surface area contributed by atoms with Gasteiger partial charge in [-0.05, 0) is 24.3 Å². The van der Waals surface area contributed by atoms with Crippen LogP contribution in [-0.4, -0.2) is 47.7 Å². The van der Waals surface area contributed by atoms with Gasteiger partial charge >= 0.3 is 0 Å². The van der Waals surface area contributed by atoms with Gasteiger partial charge in [0.05, 0.1) is 7.11 Å². The fourth-order valence-corrected chi connectivity index (χ4v) is 2.76. The summed E-state index contributed by atoms with van der Waals surface area (Å²) in [7, 11) is 3.01. The van der Waals surface area contributed by atoms with Crippen LogP contribution < -0.4 is 4.74 Å². The molecule has 1 aliphatic heterocycles. The van der Waals surface area contributed by atoms with E-state index in [4.69, 9.17) is 9.57 Å². The van der Waals surface area contributed by atoms with E-state index in [1.54, 1.807) is 25.4 Å². The zero-order valence-electron chi connectivity index (χ0n) is 10.5. The van der Waals surface area contributed by atoms with Crippen molar-refractivity contribution in [3.05, 3.63) is 23.9 Å². The average Bonchev–Trinajstić information content (AvgIpc) is 2.90. The van der Waals surface area contributed by atoms with Crippen LogP contribution in [-0.2, 0) is 4.84 Å². The Bertz CT molecular complexity index is 422. The number of carbonyl (C=O) groups excluding carboxylic acids is 1. The van der Waals surface area contributed by atoms with Crippen LogP contribution in [0.4, 0.5) is 0 Å². The van der Waals surface area contributed by atoms with Gasteiger partial charge in [0.1, 0.15) is 11.7 Å². The number of nitrogens with zero attached hydrogens (tertiary/aromatic N) is 2. The Morgan fingerprint density at radius 1 is 1.61 bits per heavy atom. The molecular weight excluding hydrogens is 252 g/mol. The molecule has 0 saturated carbocycles. The lowest BCUT2D eigenvalue weighted by Crippen LogP contribution is -2.27. The maximum Gasteiger partial charge on any atom is 0.282 e. The Kier molecular flexibility index (Phi) is 4.43. The van der Waals surface area contributed by atoms with Crippen molar-refractivity contribution in [3.63, 3.8) is 0 Å². The molecule has 2 rings (SSSR count). The van der Waals surface area contributed by atoms with Crippen LogP contribution in [0.5, 0.6) is 5.88 Å². The van der Waals surface area contributed by atoms with Gasteiger partial charge in [-0.2, -0.15) is 11.8 Å². The molecule has 1 fully saturated rings. The molecule has 0 aromatic carbocycles. The second kappa shape index (κ2) is 6.06. The highest BCUT2D eigenvalue weighted by Gasteiger charge is 2.22. The molecule has 1 unspecified atom stereocenters. The first-order valence-corrected chi connectivity index (χ1v) is 6.89. The molecule has 1 aliphatic rings. The SMILES string of the molecule is CON(C)C(=O)c1cccnc1OC1CCSC1. The minimum absolute atomic E-state index is 0.143. The summed E-state index contributed by atoms with van der Waals surface area (Å²) in [5.41, 5.74) is 0.429. The zero-order valence-corrected chi connectivity index (χ0v) is 11.3. The normalized spacial score (nSPS) is 18.7. The van der Waals surface area contributed by atoms with Crippen LogP contribution in [0.1, 0.15) is 16.8 Å². The maximum atomic E-state index is 12.0. The van der Waals surface area contributed by atoms with Crippen molar-refractivity contribution in [2.24, 2.45) is 0 Å². The minimum Gasteiger partial charge on any atom is -0.473 e. The predicted octanol–water partition coefficient (Wildman–Crippen LogP) is 1.60. The third-order valence-corrected chi connectivity index (χ3v) is 3.86. The van der Waals surface area contributed by atoms with Crippen LogP contribution in [0, 0.1) is 0 Å². The van der Waals surface area contributed by atoms with Gasteiger partial charge in [-0.1, -0.05) is 0 Å². The molecule has 0 aliphatic carbocycles. The van der Waals surface area contributed by atoms with Crippen molar-refractivity contribution < 1.29 is 14.4 Å². The number of hydroxylamine groups is 2. The van der Waals surface area contributed by atoms with Gasteiger partial charge in [-0.3, -0.25) is 9.63 Å². The van der Waals surface area contributed by atoms with Crippen molar-refractivity contribution >= 4 is 17.7 Å². The molecule has 1 amide bonds. The van der Waals surface area contributed by atoms with E-state index in [1.807, 2.05) is 11.8 Å². The number of ether oxygens (including phenoxy) is 1. The van der Waals surface area contributed by atoms with Gasteiger partial charge in [-0.25, -0.2) is 10.0 Å². The van der Waals surface area contributed by atoms with Crippen LogP contribution in [0.15, 0.2) is 18.3 Å². The fraction of sp³-hybridized carbons (Fsp3) is 0.500. The molecule has 5 nitrogen and oxygen atoms in total. The third-order valence-electron chi connectivity index (χ3n) is 2.73. The molecular formula is C12H16N2O3S. The molecule has 1 atom stereocenters. The Labute approximate surface area is 110 Å². The van der Waals surface area contributed by atoms with E-state index >= 15 is 0 Å². The Balaban J connectivity index is 2.16. The highest BCUT2D eigenvalue weighted by Crippen LogP contribution is 2.24. The molecule has 0 N–H and O–H groups in total. The number of pyridine rings is 1. The zero-order chi connectivity index (χ0) is 13.0. The van der Waals surface area contributed by atoms with E-state index in [-0.39, 0.29) is 12.0 Å². The second-order valence-electron chi connectivity index (χ2n) is 3.94. The molecule has 1 saturated heterocycles. The lowest BCUT2D eigenvalue weighted by molar-refractivity contribution is -0.0759. The molecule has 0 bridgehead atoms. The van der Waals surface area contributed by atoms with Gasteiger partial charge in [0, 0.05) is 19.0 Å². The van der Waals surface area contributed by atoms with Gasteiger partial charge in [0.15, 0.2) is 0 Å². The summed E-state index contributed by atoms with van der Waals surface area (Å²) in [5, 5.41) is 1.16. The molecule has 1 aromatic heterocycles. The number of amides is 1. The number of aromatic nitrogens is 1. The predicted molar refractivity (Wildman–Crippen MR) is 69.7 cm³/mol. The summed E-state index contributed by atoms with van der Waals surface area (Å²) in [6, 6.07) is 3.41. The van der Waals surface area contributed by atoms with Crippen molar-refractivity contribution in [2.75, 3.05) is 25.7 Å². The topological polar surface area (TPSA) is 51.7 Å². The van der Waals surface area contributed by atoms with Gasteiger partial charge in [0.25, 0.3) is 5.91 Å². The van der Waals surface area contributed by atoms with Crippen molar-refractivity contribution in [1.29, 1.82) is 0 Å². The van der Waals surface area contributed by atoms with Crippen LogP contribution in [0.2, 0.25) is 0 Å². The molecule has 1 aromatic rings. The fourth-order valence-electron chi connectivity index (χ4n) is 1.66. The first kappa shape index (κ1) is 13.2. The van der Waals surface area contributed by atoms with E-state index in [0.29, 0.717) is 11.4 Å². The molecule has 0 spiro atoms. The number of thioether (sulfide) groups is 1. The minimum atomic E-state index is -0.258.